The van der Waals surface area contributed by atoms with E-state index in [-0.39, 0.29) is 34.8 Å². The molecule has 1 atom stereocenters. The number of Topliss-reactive ketones (excluding diaryl/α,β-unsaturated/α-hetero) is 1. The summed E-state index contributed by atoms with van der Waals surface area (Å²) in [5.41, 5.74) is 4.90. The Kier molecular flexibility index (Phi) is 7.64. The molecule has 1 aliphatic heterocycles. The molecule has 0 amide bonds. The van der Waals surface area contributed by atoms with Crippen molar-refractivity contribution in [2.24, 2.45) is 5.92 Å². The summed E-state index contributed by atoms with van der Waals surface area (Å²) in [7, 11) is 0. The van der Waals surface area contributed by atoms with Gasteiger partial charge in [0.25, 0.3) is 0 Å². The smallest absolute Gasteiger partial charge is 0.182 e. The lowest BCUT2D eigenvalue weighted by atomic mass is 9.78. The zero-order valence-corrected chi connectivity index (χ0v) is 22.7. The van der Waals surface area contributed by atoms with Gasteiger partial charge in [-0.05, 0) is 53.5 Å². The van der Waals surface area contributed by atoms with E-state index in [2.05, 4.69) is 85.7 Å². The lowest BCUT2D eigenvalue weighted by Crippen LogP contribution is -2.31. The predicted octanol–water partition coefficient (Wildman–Crippen LogP) is 7.27. The van der Waals surface area contributed by atoms with Crippen LogP contribution in [0.15, 0.2) is 42.0 Å². The summed E-state index contributed by atoms with van der Waals surface area (Å²) in [5.74, 6) is 0.958. The zero-order valence-electron chi connectivity index (χ0n) is 22.7. The molecular formula is C31H42N2O2. The number of rotatable bonds is 6. The number of phenolic OH excluding ortho intramolecular Hbond substituents is 1. The van der Waals surface area contributed by atoms with Crippen molar-refractivity contribution in [2.45, 2.75) is 79.1 Å². The van der Waals surface area contributed by atoms with Gasteiger partial charge in [0.05, 0.1) is 6.54 Å². The van der Waals surface area contributed by atoms with Crippen LogP contribution in [0.3, 0.4) is 0 Å². The highest BCUT2D eigenvalue weighted by Crippen LogP contribution is 2.40. The van der Waals surface area contributed by atoms with Crippen LogP contribution in [0.1, 0.15) is 93.9 Å². The highest BCUT2D eigenvalue weighted by molar-refractivity contribution is 6.06. The molecule has 2 aromatic carbocycles. The Morgan fingerprint density at radius 2 is 1.60 bits per heavy atom. The number of amidine groups is 1. The van der Waals surface area contributed by atoms with Crippen molar-refractivity contribution >= 4 is 17.7 Å². The SMILES string of the molecule is CCCC1CN(CC(=O)c2cc(C(C)(C)C)c(O)c(C(C)(C)C)c2)C(=N)C1=Cc1ccc(C)cc1. The maximum absolute atomic E-state index is 13.5. The average Bonchev–Trinajstić information content (AvgIpc) is 3.03. The van der Waals surface area contributed by atoms with Crippen molar-refractivity contribution in [1.29, 1.82) is 5.41 Å². The Morgan fingerprint density at radius 3 is 2.09 bits per heavy atom. The number of nitrogens with zero attached hydrogens (tertiary/aromatic N) is 1. The van der Waals surface area contributed by atoms with Gasteiger partial charge in [0, 0.05) is 29.2 Å². The van der Waals surface area contributed by atoms with Crippen molar-refractivity contribution < 1.29 is 9.90 Å². The summed E-state index contributed by atoms with van der Waals surface area (Å²) >= 11 is 0. The van der Waals surface area contributed by atoms with Gasteiger partial charge in [0.2, 0.25) is 0 Å². The van der Waals surface area contributed by atoms with Gasteiger partial charge < -0.3 is 10.0 Å². The monoisotopic (exact) mass is 474 g/mol. The molecule has 0 radical (unpaired) electrons. The number of likely N-dealkylation sites (tertiary alicyclic amines) is 1. The molecule has 0 aliphatic carbocycles. The molecule has 1 saturated heterocycles. The van der Waals surface area contributed by atoms with Gasteiger partial charge in [-0.1, -0.05) is 84.7 Å². The first-order chi connectivity index (χ1) is 16.2. The summed E-state index contributed by atoms with van der Waals surface area (Å²) in [6.07, 6.45) is 4.14. The van der Waals surface area contributed by atoms with E-state index < -0.39 is 0 Å². The molecule has 4 heteroatoms. The highest BCUT2D eigenvalue weighted by Gasteiger charge is 2.34. The number of hydrogen-bond donors (Lipinski definition) is 2. The van der Waals surface area contributed by atoms with Crippen molar-refractivity contribution in [3.05, 3.63) is 69.8 Å². The molecule has 0 saturated carbocycles. The second-order valence-corrected chi connectivity index (χ2v) is 12.1. The quantitative estimate of drug-likeness (QED) is 0.433. The topological polar surface area (TPSA) is 64.4 Å². The molecular weight excluding hydrogens is 432 g/mol. The Balaban J connectivity index is 1.93. The summed E-state index contributed by atoms with van der Waals surface area (Å²) < 4.78 is 0. The van der Waals surface area contributed by atoms with E-state index in [0.717, 1.165) is 35.1 Å². The number of carbonyl (C=O) groups excluding carboxylic acids is 1. The summed E-state index contributed by atoms with van der Waals surface area (Å²) in [4.78, 5) is 15.5. The third kappa shape index (κ3) is 6.04. The third-order valence-corrected chi connectivity index (χ3v) is 6.89. The number of phenols is 1. The van der Waals surface area contributed by atoms with E-state index in [0.29, 0.717) is 17.9 Å². The van der Waals surface area contributed by atoms with Crippen LogP contribution >= 0.6 is 0 Å². The first-order valence-corrected chi connectivity index (χ1v) is 12.8. The molecule has 0 spiro atoms. The van der Waals surface area contributed by atoms with Gasteiger partial charge in [-0.25, -0.2) is 0 Å². The first-order valence-electron chi connectivity index (χ1n) is 12.8. The minimum atomic E-state index is -0.295. The molecule has 35 heavy (non-hydrogen) atoms. The van der Waals surface area contributed by atoms with Gasteiger partial charge in [0.15, 0.2) is 5.78 Å². The lowest BCUT2D eigenvalue weighted by molar-refractivity contribution is 0.0963. The molecule has 3 rings (SSSR count). The van der Waals surface area contributed by atoms with E-state index in [1.165, 1.54) is 5.56 Å². The van der Waals surface area contributed by atoms with Crippen LogP contribution in [0.25, 0.3) is 6.08 Å². The molecule has 0 bridgehead atoms. The molecule has 1 aliphatic rings. The van der Waals surface area contributed by atoms with Gasteiger partial charge >= 0.3 is 0 Å². The predicted molar refractivity (Wildman–Crippen MR) is 147 cm³/mol. The number of carbonyl (C=O) groups is 1. The highest BCUT2D eigenvalue weighted by atomic mass is 16.3. The molecule has 1 heterocycles. The second-order valence-electron chi connectivity index (χ2n) is 12.1. The summed E-state index contributed by atoms with van der Waals surface area (Å²) in [6, 6.07) is 12.0. The van der Waals surface area contributed by atoms with Gasteiger partial charge in [-0.15, -0.1) is 0 Å². The average molecular weight is 475 g/mol. The van der Waals surface area contributed by atoms with Gasteiger partial charge in [-0.2, -0.15) is 0 Å². The molecule has 4 nitrogen and oxygen atoms in total. The standard InChI is InChI=1S/C31H42N2O2/c1-9-10-22-18-33(29(32)24(22)15-21-13-11-20(2)12-14-21)19-27(34)23-16-25(30(3,4)5)28(35)26(17-23)31(6,7)8/h11-17,22,32,35H,9-10,18-19H2,1-8H3. The number of hydrogen-bond acceptors (Lipinski definition) is 3. The second kappa shape index (κ2) is 10.0. The third-order valence-electron chi connectivity index (χ3n) is 6.89. The van der Waals surface area contributed by atoms with Crippen molar-refractivity contribution in [3.63, 3.8) is 0 Å². The fourth-order valence-corrected chi connectivity index (χ4v) is 4.80. The summed E-state index contributed by atoms with van der Waals surface area (Å²) in [6.45, 7) is 17.4. The minimum Gasteiger partial charge on any atom is -0.507 e. The maximum Gasteiger partial charge on any atom is 0.182 e. The van der Waals surface area contributed by atoms with E-state index in [1.54, 1.807) is 0 Å². The van der Waals surface area contributed by atoms with Crippen molar-refractivity contribution in [1.82, 2.24) is 4.90 Å². The summed E-state index contributed by atoms with van der Waals surface area (Å²) in [5, 5.41) is 19.9. The van der Waals surface area contributed by atoms with Crippen LogP contribution in [0.2, 0.25) is 0 Å². The molecule has 188 valence electrons. The van der Waals surface area contributed by atoms with E-state index in [1.807, 2.05) is 17.0 Å². The number of benzene rings is 2. The fourth-order valence-electron chi connectivity index (χ4n) is 4.80. The van der Waals surface area contributed by atoms with E-state index in [9.17, 15) is 9.90 Å². The van der Waals surface area contributed by atoms with Crippen LogP contribution in [0, 0.1) is 18.3 Å². The molecule has 1 unspecified atom stereocenters. The molecule has 2 N–H and O–H groups in total. The lowest BCUT2D eigenvalue weighted by Gasteiger charge is -2.28. The van der Waals surface area contributed by atoms with Crippen LogP contribution < -0.4 is 0 Å². The fraction of sp³-hybridized carbons (Fsp3) is 0.484. The Hall–Kier alpha value is -2.88. The number of aryl methyl sites for hydroxylation is 1. The largest absolute Gasteiger partial charge is 0.507 e. The number of nitrogens with one attached hydrogen (secondary N) is 1. The van der Waals surface area contributed by atoms with Crippen LogP contribution in [-0.2, 0) is 10.8 Å². The van der Waals surface area contributed by atoms with E-state index >= 15 is 0 Å². The van der Waals surface area contributed by atoms with Crippen LogP contribution in [0.5, 0.6) is 5.75 Å². The maximum atomic E-state index is 13.5. The Bertz CT molecular complexity index is 1090. The normalized spacial score (nSPS) is 17.9. The van der Waals surface area contributed by atoms with Gasteiger partial charge in [0.1, 0.15) is 11.6 Å². The van der Waals surface area contributed by atoms with Gasteiger partial charge in [-0.3, -0.25) is 10.2 Å². The van der Waals surface area contributed by atoms with E-state index in [4.69, 9.17) is 5.41 Å². The van der Waals surface area contributed by atoms with Crippen molar-refractivity contribution in [3.8, 4) is 5.75 Å². The number of ketones is 1. The molecule has 0 aromatic heterocycles. The number of aromatic hydroxyl groups is 1. The minimum absolute atomic E-state index is 0.0161. The van der Waals surface area contributed by atoms with Crippen LogP contribution in [-0.4, -0.2) is 34.7 Å². The Labute approximate surface area is 211 Å². The van der Waals surface area contributed by atoms with Crippen LogP contribution in [0.4, 0.5) is 0 Å². The molecule has 2 aromatic rings. The Morgan fingerprint density at radius 1 is 1.06 bits per heavy atom. The first kappa shape index (κ1) is 26.7. The molecule has 1 fully saturated rings. The van der Waals surface area contributed by atoms with Crippen molar-refractivity contribution in [2.75, 3.05) is 13.1 Å². The zero-order chi connectivity index (χ0) is 26.1.